The van der Waals surface area contributed by atoms with Crippen LogP contribution in [-0.4, -0.2) is 23.1 Å². The van der Waals surface area contributed by atoms with Crippen LogP contribution in [0.5, 0.6) is 0 Å². The van der Waals surface area contributed by atoms with Gasteiger partial charge in [0.2, 0.25) is 0 Å². The monoisotopic (exact) mass is 281 g/mol. The number of aryl methyl sites for hydroxylation is 2. The Morgan fingerprint density at radius 1 is 1.47 bits per heavy atom. The first-order valence-corrected chi connectivity index (χ1v) is 7.12. The summed E-state index contributed by atoms with van der Waals surface area (Å²) in [7, 11) is -1.97. The molecule has 2 aromatic rings. The third-order valence-corrected chi connectivity index (χ3v) is 4.15. The van der Waals surface area contributed by atoms with Gasteiger partial charge in [0.25, 0.3) is 10.0 Å². The molecule has 19 heavy (non-hydrogen) atoms. The van der Waals surface area contributed by atoms with Crippen LogP contribution in [0.3, 0.4) is 0 Å². The highest BCUT2D eigenvalue weighted by Crippen LogP contribution is 2.20. The lowest BCUT2D eigenvalue weighted by molar-refractivity contribution is 0.272. The summed E-state index contributed by atoms with van der Waals surface area (Å²) in [5.74, 6) is 0. The average molecular weight is 281 g/mol. The van der Waals surface area contributed by atoms with Gasteiger partial charge in [-0.1, -0.05) is 0 Å². The predicted molar refractivity (Wildman–Crippen MR) is 71.1 cm³/mol. The first-order chi connectivity index (χ1) is 8.94. The van der Waals surface area contributed by atoms with Gasteiger partial charge in [-0.05, 0) is 24.6 Å². The van der Waals surface area contributed by atoms with E-state index >= 15 is 0 Å². The zero-order valence-electron chi connectivity index (χ0n) is 10.7. The Labute approximate surface area is 111 Å². The van der Waals surface area contributed by atoms with Crippen LogP contribution in [0.15, 0.2) is 35.6 Å². The smallest absolute Gasteiger partial charge is 0.263 e. The summed E-state index contributed by atoms with van der Waals surface area (Å²) in [4.78, 5) is 4.03. The highest BCUT2D eigenvalue weighted by atomic mass is 32.2. The third kappa shape index (κ3) is 2.77. The zero-order valence-corrected chi connectivity index (χ0v) is 11.5. The van der Waals surface area contributed by atoms with Crippen LogP contribution in [0.4, 0.5) is 5.69 Å². The summed E-state index contributed by atoms with van der Waals surface area (Å²) in [5, 5.41) is 9.09. The molecule has 0 bridgehead atoms. The minimum atomic E-state index is -3.66. The molecule has 0 aliphatic rings. The van der Waals surface area contributed by atoms with Crippen LogP contribution in [-0.2, 0) is 23.7 Å². The van der Waals surface area contributed by atoms with Gasteiger partial charge < -0.3 is 9.67 Å². The van der Waals surface area contributed by atoms with Crippen molar-refractivity contribution in [2.24, 2.45) is 7.05 Å². The number of aliphatic hydroxyl groups is 1. The van der Waals surface area contributed by atoms with Crippen LogP contribution >= 0.6 is 0 Å². The largest absolute Gasteiger partial charge is 0.390 e. The number of aliphatic hydroxyl groups excluding tert-OH is 1. The van der Waals surface area contributed by atoms with Crippen molar-refractivity contribution in [3.05, 3.63) is 42.0 Å². The van der Waals surface area contributed by atoms with Gasteiger partial charge in [0.1, 0.15) is 4.90 Å². The topological polar surface area (TPSA) is 84.2 Å². The number of sulfonamides is 1. The molecule has 0 aromatic carbocycles. The minimum Gasteiger partial charge on any atom is -0.390 e. The molecular formula is C12H15N3O3S. The number of nitrogens with one attached hydrogen (secondary N) is 1. The van der Waals surface area contributed by atoms with Gasteiger partial charge in [0, 0.05) is 31.3 Å². The maximum Gasteiger partial charge on any atom is 0.263 e. The number of anilines is 1. The Bertz CT molecular complexity index is 692. The van der Waals surface area contributed by atoms with Crippen LogP contribution in [0, 0.1) is 6.92 Å². The molecule has 102 valence electrons. The summed E-state index contributed by atoms with van der Waals surface area (Å²) >= 11 is 0. The Morgan fingerprint density at radius 3 is 2.79 bits per heavy atom. The molecule has 2 aromatic heterocycles. The van der Waals surface area contributed by atoms with Crippen molar-refractivity contribution in [2.45, 2.75) is 18.4 Å². The third-order valence-electron chi connectivity index (χ3n) is 2.82. The van der Waals surface area contributed by atoms with Crippen LogP contribution in [0.1, 0.15) is 11.3 Å². The fraction of sp³-hybridized carbons (Fsp3) is 0.250. The molecule has 0 fully saturated rings. The molecule has 0 aliphatic carbocycles. The van der Waals surface area contributed by atoms with Crippen molar-refractivity contribution in [3.8, 4) is 0 Å². The van der Waals surface area contributed by atoms with E-state index in [1.165, 1.54) is 18.5 Å². The second-order valence-electron chi connectivity index (χ2n) is 4.23. The van der Waals surface area contributed by atoms with E-state index in [2.05, 4.69) is 9.71 Å². The van der Waals surface area contributed by atoms with E-state index in [1.807, 2.05) is 0 Å². The molecule has 7 heteroatoms. The second kappa shape index (κ2) is 5.02. The van der Waals surface area contributed by atoms with Crippen LogP contribution < -0.4 is 4.72 Å². The Balaban J connectivity index is 2.35. The van der Waals surface area contributed by atoms with Crippen molar-refractivity contribution in [1.82, 2.24) is 9.55 Å². The van der Waals surface area contributed by atoms with E-state index < -0.39 is 10.0 Å². The number of aromatic nitrogens is 2. The summed E-state index contributed by atoms with van der Waals surface area (Å²) in [6, 6.07) is 3.04. The fourth-order valence-electron chi connectivity index (χ4n) is 1.67. The molecule has 2 N–H and O–H groups in total. The molecule has 2 rings (SSSR count). The molecule has 0 amide bonds. The second-order valence-corrected chi connectivity index (χ2v) is 5.91. The molecule has 6 nitrogen and oxygen atoms in total. The van der Waals surface area contributed by atoms with E-state index in [4.69, 9.17) is 5.11 Å². The van der Waals surface area contributed by atoms with Crippen molar-refractivity contribution in [2.75, 3.05) is 4.72 Å². The molecule has 0 radical (unpaired) electrons. The number of pyridine rings is 1. The Hall–Kier alpha value is -1.86. The summed E-state index contributed by atoms with van der Waals surface area (Å²) in [6.45, 7) is 1.56. The summed E-state index contributed by atoms with van der Waals surface area (Å²) < 4.78 is 28.5. The first-order valence-electron chi connectivity index (χ1n) is 5.63. The van der Waals surface area contributed by atoms with Gasteiger partial charge in [-0.25, -0.2) is 8.42 Å². The standard InChI is InChI=1S/C12H15N3O3S/c1-9-6-13-4-3-12(9)14-19(17,18)11-5-10(8-16)15(2)7-11/h3-7,16H,8H2,1-2H3,(H,13,14). The molecule has 0 atom stereocenters. The van der Waals surface area contributed by atoms with Gasteiger partial charge in [0.15, 0.2) is 0 Å². The highest BCUT2D eigenvalue weighted by Gasteiger charge is 2.18. The molecule has 0 spiro atoms. The van der Waals surface area contributed by atoms with E-state index in [0.717, 1.165) is 5.56 Å². The van der Waals surface area contributed by atoms with Crippen molar-refractivity contribution >= 4 is 15.7 Å². The van der Waals surface area contributed by atoms with E-state index in [9.17, 15) is 8.42 Å². The quantitative estimate of drug-likeness (QED) is 0.876. The maximum atomic E-state index is 12.2. The zero-order chi connectivity index (χ0) is 14.0. The summed E-state index contributed by atoms with van der Waals surface area (Å²) in [5.41, 5.74) is 1.76. The van der Waals surface area contributed by atoms with E-state index in [-0.39, 0.29) is 11.5 Å². The molecule has 0 saturated carbocycles. The normalized spacial score (nSPS) is 11.5. The number of hydrogen-bond donors (Lipinski definition) is 2. The average Bonchev–Trinajstić information content (AvgIpc) is 2.74. The molecule has 0 saturated heterocycles. The van der Waals surface area contributed by atoms with E-state index in [0.29, 0.717) is 11.4 Å². The Kier molecular flexibility index (Phi) is 3.59. The van der Waals surface area contributed by atoms with Gasteiger partial charge >= 0.3 is 0 Å². The van der Waals surface area contributed by atoms with Gasteiger partial charge in [-0.3, -0.25) is 9.71 Å². The maximum absolute atomic E-state index is 12.2. The molecule has 2 heterocycles. The molecule has 0 aliphatic heterocycles. The predicted octanol–water partition coefficient (Wildman–Crippen LogP) is 1.02. The van der Waals surface area contributed by atoms with Crippen LogP contribution in [0.2, 0.25) is 0 Å². The van der Waals surface area contributed by atoms with Gasteiger partial charge in [0.05, 0.1) is 12.3 Å². The van der Waals surface area contributed by atoms with E-state index in [1.54, 1.807) is 30.8 Å². The van der Waals surface area contributed by atoms with Crippen molar-refractivity contribution in [1.29, 1.82) is 0 Å². The molecule has 0 unspecified atom stereocenters. The Morgan fingerprint density at radius 2 is 2.21 bits per heavy atom. The minimum absolute atomic E-state index is 0.121. The first kappa shape index (κ1) is 13.6. The number of rotatable bonds is 4. The van der Waals surface area contributed by atoms with Crippen LogP contribution in [0.25, 0.3) is 0 Å². The molecular weight excluding hydrogens is 266 g/mol. The fourth-order valence-corrected chi connectivity index (χ4v) is 2.90. The summed E-state index contributed by atoms with van der Waals surface area (Å²) in [6.07, 6.45) is 4.57. The highest BCUT2D eigenvalue weighted by molar-refractivity contribution is 7.92. The lowest BCUT2D eigenvalue weighted by Gasteiger charge is -2.08. The lowest BCUT2D eigenvalue weighted by atomic mass is 10.3. The van der Waals surface area contributed by atoms with Gasteiger partial charge in [-0.15, -0.1) is 0 Å². The number of hydrogen-bond acceptors (Lipinski definition) is 4. The lowest BCUT2D eigenvalue weighted by Crippen LogP contribution is -2.13. The SMILES string of the molecule is Cc1cnccc1NS(=O)(=O)c1cc(CO)n(C)c1. The van der Waals surface area contributed by atoms with Gasteiger partial charge in [-0.2, -0.15) is 0 Å². The van der Waals surface area contributed by atoms with Crippen molar-refractivity contribution in [3.63, 3.8) is 0 Å². The van der Waals surface area contributed by atoms with Crippen molar-refractivity contribution < 1.29 is 13.5 Å². The number of nitrogens with zero attached hydrogens (tertiary/aromatic N) is 2.